The Morgan fingerprint density at radius 2 is 1.56 bits per heavy atom. The molecular weight excluding hydrogens is 629 g/mol. The van der Waals surface area contributed by atoms with Gasteiger partial charge in [-0.15, -0.1) is 0 Å². The summed E-state index contributed by atoms with van der Waals surface area (Å²) in [6.07, 6.45) is 5.37. The van der Waals surface area contributed by atoms with Crippen LogP contribution in [0.5, 0.6) is 0 Å². The Morgan fingerprint density at radius 3 is 2.16 bits per heavy atom. The maximum absolute atomic E-state index is 14.2. The quantitative estimate of drug-likeness (QED) is 0.231. The molecule has 1 aliphatic rings. The van der Waals surface area contributed by atoms with Crippen LogP contribution in [0.4, 0.5) is 5.69 Å². The number of rotatable bonds is 11. The first-order chi connectivity index (χ1) is 20.5. The van der Waals surface area contributed by atoms with Gasteiger partial charge in [0.2, 0.25) is 11.8 Å². The van der Waals surface area contributed by atoms with Crippen LogP contribution in [0, 0.1) is 6.92 Å². The molecule has 1 aliphatic carbocycles. The molecule has 230 valence electrons. The molecular formula is C32H36Cl3N3O4S. The van der Waals surface area contributed by atoms with Crippen LogP contribution in [-0.4, -0.2) is 43.8 Å². The fraction of sp³-hybridized carbons (Fsp3) is 0.375. The van der Waals surface area contributed by atoms with Crippen molar-refractivity contribution in [1.29, 1.82) is 0 Å². The van der Waals surface area contributed by atoms with Crippen molar-refractivity contribution in [3.8, 4) is 0 Å². The molecule has 3 aromatic rings. The zero-order chi connectivity index (χ0) is 31.1. The number of anilines is 1. The lowest BCUT2D eigenvalue weighted by Crippen LogP contribution is -2.54. The average Bonchev–Trinajstić information content (AvgIpc) is 2.99. The molecule has 0 unspecified atom stereocenters. The predicted molar refractivity (Wildman–Crippen MR) is 173 cm³/mol. The molecule has 0 aliphatic heterocycles. The SMILES string of the molecule is CC[C@H](C(=O)NC1CCCCC1)N(Cc1ccc(Cl)cc1)C(=O)CN(c1ccc(Cl)c(Cl)c1)S(=O)(=O)c1ccc(C)cc1. The number of hydrogen-bond donors (Lipinski definition) is 1. The van der Waals surface area contributed by atoms with Crippen molar-refractivity contribution in [2.24, 2.45) is 0 Å². The largest absolute Gasteiger partial charge is 0.352 e. The summed E-state index contributed by atoms with van der Waals surface area (Å²) < 4.78 is 29.0. The van der Waals surface area contributed by atoms with Crippen LogP contribution < -0.4 is 9.62 Å². The van der Waals surface area contributed by atoms with Gasteiger partial charge in [0.1, 0.15) is 12.6 Å². The highest BCUT2D eigenvalue weighted by Gasteiger charge is 2.34. The zero-order valence-corrected chi connectivity index (χ0v) is 27.3. The monoisotopic (exact) mass is 663 g/mol. The van der Waals surface area contributed by atoms with E-state index in [-0.39, 0.29) is 39.1 Å². The Labute approximate surface area is 269 Å². The Balaban J connectivity index is 1.72. The smallest absolute Gasteiger partial charge is 0.264 e. The fourth-order valence-electron chi connectivity index (χ4n) is 5.26. The van der Waals surface area contributed by atoms with Gasteiger partial charge >= 0.3 is 0 Å². The van der Waals surface area contributed by atoms with Gasteiger partial charge in [0.15, 0.2) is 0 Å². The molecule has 0 radical (unpaired) electrons. The first kappa shape index (κ1) is 33.1. The highest BCUT2D eigenvalue weighted by Crippen LogP contribution is 2.31. The predicted octanol–water partition coefficient (Wildman–Crippen LogP) is 7.41. The molecule has 0 spiro atoms. The number of sulfonamides is 1. The van der Waals surface area contributed by atoms with Crippen molar-refractivity contribution in [3.05, 3.63) is 92.9 Å². The molecule has 1 saturated carbocycles. The van der Waals surface area contributed by atoms with Crippen LogP contribution in [-0.2, 0) is 26.2 Å². The average molecular weight is 665 g/mol. The second-order valence-electron chi connectivity index (χ2n) is 10.8. The molecule has 1 fully saturated rings. The van der Waals surface area contributed by atoms with Crippen LogP contribution in [0.3, 0.4) is 0 Å². The minimum Gasteiger partial charge on any atom is -0.352 e. The summed E-state index contributed by atoms with van der Waals surface area (Å²) in [4.78, 5) is 29.3. The summed E-state index contributed by atoms with van der Waals surface area (Å²) in [5.41, 5.74) is 1.82. The molecule has 3 aromatic carbocycles. The van der Waals surface area contributed by atoms with E-state index in [1.807, 2.05) is 13.8 Å². The van der Waals surface area contributed by atoms with Crippen molar-refractivity contribution in [2.45, 2.75) is 75.9 Å². The Kier molecular flexibility index (Phi) is 11.4. The van der Waals surface area contributed by atoms with Gasteiger partial charge in [0, 0.05) is 17.6 Å². The first-order valence-corrected chi connectivity index (χ1v) is 17.0. The number of carbonyl (C=O) groups excluding carboxylic acids is 2. The van der Waals surface area contributed by atoms with E-state index >= 15 is 0 Å². The van der Waals surface area contributed by atoms with Gasteiger partial charge in [-0.05, 0) is 74.2 Å². The standard InChI is InChI=1S/C32H36Cl3N3O4S/c1-3-30(32(40)36-25-7-5-4-6-8-25)37(20-23-11-13-24(33)14-12-23)31(39)21-38(26-15-18-28(34)29(35)19-26)43(41,42)27-16-9-22(2)10-17-27/h9-19,25,30H,3-8,20-21H2,1-2H3,(H,36,40)/t30-/m1/s1. The van der Waals surface area contributed by atoms with E-state index in [1.54, 1.807) is 36.4 Å². The highest BCUT2D eigenvalue weighted by atomic mass is 35.5. The number of hydrogen-bond acceptors (Lipinski definition) is 4. The maximum atomic E-state index is 14.2. The van der Waals surface area contributed by atoms with Gasteiger partial charge < -0.3 is 10.2 Å². The van der Waals surface area contributed by atoms with E-state index in [1.165, 1.54) is 35.2 Å². The molecule has 4 rings (SSSR count). The third-order valence-electron chi connectivity index (χ3n) is 7.68. The molecule has 0 bridgehead atoms. The highest BCUT2D eigenvalue weighted by molar-refractivity contribution is 7.92. The summed E-state index contributed by atoms with van der Waals surface area (Å²) >= 11 is 18.5. The molecule has 1 N–H and O–H groups in total. The van der Waals surface area contributed by atoms with E-state index in [4.69, 9.17) is 34.8 Å². The third-order valence-corrected chi connectivity index (χ3v) is 10.5. The molecule has 0 heterocycles. The summed E-state index contributed by atoms with van der Waals surface area (Å²) in [5.74, 6) is -0.790. The number of halogens is 3. The molecule has 43 heavy (non-hydrogen) atoms. The van der Waals surface area contributed by atoms with Crippen molar-refractivity contribution >= 4 is 62.3 Å². The lowest BCUT2D eigenvalue weighted by Gasteiger charge is -2.34. The van der Waals surface area contributed by atoms with E-state index < -0.39 is 28.5 Å². The normalized spacial score (nSPS) is 14.6. The van der Waals surface area contributed by atoms with Gasteiger partial charge in [-0.2, -0.15) is 0 Å². The van der Waals surface area contributed by atoms with Crippen LogP contribution in [0.15, 0.2) is 71.6 Å². The third kappa shape index (κ3) is 8.44. The Bertz CT molecular complexity index is 1530. The van der Waals surface area contributed by atoms with E-state index in [0.717, 1.165) is 47.5 Å². The Morgan fingerprint density at radius 1 is 0.907 bits per heavy atom. The molecule has 0 aromatic heterocycles. The second kappa shape index (κ2) is 14.8. The first-order valence-electron chi connectivity index (χ1n) is 14.4. The fourth-order valence-corrected chi connectivity index (χ4v) is 7.08. The summed E-state index contributed by atoms with van der Waals surface area (Å²) in [5, 5.41) is 4.08. The van der Waals surface area contributed by atoms with Crippen molar-refractivity contribution in [3.63, 3.8) is 0 Å². The van der Waals surface area contributed by atoms with Crippen LogP contribution >= 0.6 is 34.8 Å². The number of nitrogens with zero attached hydrogens (tertiary/aromatic N) is 2. The number of nitrogens with one attached hydrogen (secondary N) is 1. The van der Waals surface area contributed by atoms with E-state index in [9.17, 15) is 18.0 Å². The lowest BCUT2D eigenvalue weighted by molar-refractivity contribution is -0.140. The molecule has 11 heteroatoms. The molecule has 7 nitrogen and oxygen atoms in total. The minimum atomic E-state index is -4.22. The summed E-state index contributed by atoms with van der Waals surface area (Å²) in [7, 11) is -4.22. The van der Waals surface area contributed by atoms with Crippen molar-refractivity contribution in [2.75, 3.05) is 10.8 Å². The summed E-state index contributed by atoms with van der Waals surface area (Å²) in [6, 6.07) is 17.0. The summed E-state index contributed by atoms with van der Waals surface area (Å²) in [6.45, 7) is 3.23. The van der Waals surface area contributed by atoms with Gasteiger partial charge in [0.05, 0.1) is 20.6 Å². The molecule has 1 atom stereocenters. The lowest BCUT2D eigenvalue weighted by atomic mass is 9.95. The van der Waals surface area contributed by atoms with Crippen molar-refractivity contribution < 1.29 is 18.0 Å². The maximum Gasteiger partial charge on any atom is 0.264 e. The Hall–Kier alpha value is -2.78. The zero-order valence-electron chi connectivity index (χ0n) is 24.2. The number of aryl methyl sites for hydroxylation is 1. The van der Waals surface area contributed by atoms with E-state index in [2.05, 4.69) is 5.32 Å². The minimum absolute atomic E-state index is 0.0170. The second-order valence-corrected chi connectivity index (χ2v) is 14.0. The van der Waals surface area contributed by atoms with Gasteiger partial charge in [0.25, 0.3) is 10.0 Å². The molecule has 0 saturated heterocycles. The topological polar surface area (TPSA) is 86.8 Å². The number of carbonyl (C=O) groups is 2. The number of benzene rings is 3. The number of amides is 2. The van der Waals surface area contributed by atoms with Crippen LogP contribution in [0.2, 0.25) is 15.1 Å². The van der Waals surface area contributed by atoms with Gasteiger partial charge in [-0.25, -0.2) is 8.42 Å². The molecule has 2 amide bonds. The van der Waals surface area contributed by atoms with Crippen LogP contribution in [0.1, 0.15) is 56.6 Å². The van der Waals surface area contributed by atoms with E-state index in [0.29, 0.717) is 11.4 Å². The van der Waals surface area contributed by atoms with Crippen molar-refractivity contribution in [1.82, 2.24) is 10.2 Å². The van der Waals surface area contributed by atoms with Gasteiger partial charge in [-0.1, -0.05) is 90.8 Å². The van der Waals surface area contributed by atoms with Crippen LogP contribution in [0.25, 0.3) is 0 Å². The van der Waals surface area contributed by atoms with Gasteiger partial charge in [-0.3, -0.25) is 13.9 Å².